The molecular formula is C16H14N4O4S. The number of hydrogen-bond acceptors (Lipinski definition) is 6. The van der Waals surface area contributed by atoms with Gasteiger partial charge in [0.15, 0.2) is 0 Å². The molecule has 0 spiro atoms. The van der Waals surface area contributed by atoms with Gasteiger partial charge in [0.2, 0.25) is 10.0 Å². The quantitative estimate of drug-likeness (QED) is 0.362. The fourth-order valence-corrected chi connectivity index (χ4v) is 2.34. The number of para-hydroxylation sites is 2. The van der Waals surface area contributed by atoms with Crippen LogP contribution in [0.3, 0.4) is 0 Å². The molecule has 0 unspecified atom stereocenters. The lowest BCUT2D eigenvalue weighted by molar-refractivity contribution is -0.112. The minimum atomic E-state index is -3.82. The normalized spacial score (nSPS) is 11.4. The van der Waals surface area contributed by atoms with E-state index in [4.69, 9.17) is 10.4 Å². The maximum Gasteiger partial charge on any atom is 0.267 e. The molecule has 0 bridgehead atoms. The van der Waals surface area contributed by atoms with Crippen LogP contribution in [-0.2, 0) is 14.8 Å². The van der Waals surface area contributed by atoms with Crippen molar-refractivity contribution in [3.8, 4) is 11.8 Å². The topological polar surface area (TPSA) is 145 Å². The number of hydrogen-bond donors (Lipinski definition) is 4. The van der Waals surface area contributed by atoms with Gasteiger partial charge in [-0.15, -0.1) is 0 Å². The average Bonchev–Trinajstić information content (AvgIpc) is 2.56. The molecule has 5 N–H and O–H groups in total. The molecule has 0 saturated heterocycles. The first-order valence-corrected chi connectivity index (χ1v) is 8.45. The number of phenolic OH excluding ortho intramolecular Hbond substituents is 1. The van der Waals surface area contributed by atoms with Gasteiger partial charge >= 0.3 is 0 Å². The summed E-state index contributed by atoms with van der Waals surface area (Å²) >= 11 is 0. The van der Waals surface area contributed by atoms with Crippen molar-refractivity contribution in [3.63, 3.8) is 0 Å². The zero-order chi connectivity index (χ0) is 18.4. The molecule has 2 aromatic carbocycles. The maximum atomic E-state index is 12.1. The number of rotatable bonds is 5. The van der Waals surface area contributed by atoms with Gasteiger partial charge < -0.3 is 15.7 Å². The molecule has 2 aromatic rings. The molecule has 0 atom stereocenters. The Hall–Kier alpha value is -3.35. The van der Waals surface area contributed by atoms with E-state index < -0.39 is 15.9 Å². The molecule has 25 heavy (non-hydrogen) atoms. The highest BCUT2D eigenvalue weighted by Crippen LogP contribution is 2.21. The summed E-state index contributed by atoms with van der Waals surface area (Å²) in [6.45, 7) is 0. The number of nitrogens with zero attached hydrogens (tertiary/aromatic N) is 1. The summed E-state index contributed by atoms with van der Waals surface area (Å²) in [4.78, 5) is 12.0. The summed E-state index contributed by atoms with van der Waals surface area (Å²) in [7, 11) is -3.82. The van der Waals surface area contributed by atoms with Crippen molar-refractivity contribution in [1.82, 2.24) is 0 Å². The van der Waals surface area contributed by atoms with Crippen LogP contribution in [0, 0.1) is 11.3 Å². The van der Waals surface area contributed by atoms with Crippen molar-refractivity contribution in [3.05, 3.63) is 60.3 Å². The van der Waals surface area contributed by atoms with Crippen LogP contribution in [-0.4, -0.2) is 19.4 Å². The number of carbonyl (C=O) groups is 1. The largest absolute Gasteiger partial charge is 0.506 e. The van der Waals surface area contributed by atoms with Crippen LogP contribution in [0.4, 0.5) is 11.4 Å². The van der Waals surface area contributed by atoms with E-state index >= 15 is 0 Å². The highest BCUT2D eigenvalue weighted by molar-refractivity contribution is 7.89. The standard InChI is InChI=1S/C16H14N4O4S/c17-9-11(10-19-14-3-1-2-4-15(14)21)16(22)20-12-5-7-13(8-6-12)25(18,23)24/h1-8,10,19,21H,(H,20,22)(H2,18,23,24)/b11-10-. The monoisotopic (exact) mass is 358 g/mol. The minimum Gasteiger partial charge on any atom is -0.506 e. The van der Waals surface area contributed by atoms with E-state index in [2.05, 4.69) is 10.6 Å². The Labute approximate surface area is 144 Å². The molecule has 1 amide bonds. The molecule has 128 valence electrons. The van der Waals surface area contributed by atoms with Crippen LogP contribution in [0.5, 0.6) is 5.75 Å². The number of amides is 1. The molecule has 0 fully saturated rings. The van der Waals surface area contributed by atoms with Gasteiger partial charge in [0, 0.05) is 11.9 Å². The second-order valence-electron chi connectivity index (χ2n) is 4.85. The van der Waals surface area contributed by atoms with Crippen molar-refractivity contribution >= 4 is 27.3 Å². The highest BCUT2D eigenvalue weighted by Gasteiger charge is 2.11. The van der Waals surface area contributed by atoms with E-state index in [0.29, 0.717) is 11.4 Å². The lowest BCUT2D eigenvalue weighted by Crippen LogP contribution is -2.15. The highest BCUT2D eigenvalue weighted by atomic mass is 32.2. The number of benzene rings is 2. The zero-order valence-electron chi connectivity index (χ0n) is 12.8. The Kier molecular flexibility index (Phi) is 5.38. The van der Waals surface area contributed by atoms with E-state index in [9.17, 15) is 18.3 Å². The number of nitriles is 1. The summed E-state index contributed by atoms with van der Waals surface area (Å²) in [5, 5.41) is 28.8. The van der Waals surface area contributed by atoms with Crippen molar-refractivity contribution in [2.75, 3.05) is 10.6 Å². The molecule has 0 heterocycles. The number of carbonyl (C=O) groups excluding carboxylic acids is 1. The van der Waals surface area contributed by atoms with E-state index in [1.165, 1.54) is 30.3 Å². The third-order valence-corrected chi connectivity index (χ3v) is 4.01. The number of primary sulfonamides is 1. The first kappa shape index (κ1) is 18.0. The predicted molar refractivity (Wildman–Crippen MR) is 91.9 cm³/mol. The van der Waals surface area contributed by atoms with Crippen LogP contribution in [0.15, 0.2) is 65.2 Å². The third-order valence-electron chi connectivity index (χ3n) is 3.08. The Bertz CT molecular complexity index is 960. The number of anilines is 2. The average molecular weight is 358 g/mol. The van der Waals surface area contributed by atoms with E-state index in [0.717, 1.165) is 6.20 Å². The molecule has 8 nitrogen and oxygen atoms in total. The van der Waals surface area contributed by atoms with Crippen LogP contribution >= 0.6 is 0 Å². The molecule has 0 aliphatic carbocycles. The Balaban J connectivity index is 2.11. The Morgan fingerprint density at radius 2 is 1.80 bits per heavy atom. The van der Waals surface area contributed by atoms with Gasteiger partial charge in [0.05, 0.1) is 10.6 Å². The summed E-state index contributed by atoms with van der Waals surface area (Å²) in [6, 6.07) is 13.2. The second-order valence-corrected chi connectivity index (χ2v) is 6.42. The van der Waals surface area contributed by atoms with Crippen LogP contribution in [0.1, 0.15) is 0 Å². The molecular weight excluding hydrogens is 344 g/mol. The Morgan fingerprint density at radius 1 is 1.16 bits per heavy atom. The first-order chi connectivity index (χ1) is 11.8. The summed E-state index contributed by atoms with van der Waals surface area (Å²) in [5.41, 5.74) is 0.389. The zero-order valence-corrected chi connectivity index (χ0v) is 13.6. The second kappa shape index (κ2) is 7.48. The van der Waals surface area contributed by atoms with Gasteiger partial charge in [0.1, 0.15) is 17.4 Å². The molecule has 0 saturated carbocycles. The molecule has 0 radical (unpaired) electrons. The van der Waals surface area contributed by atoms with Crippen molar-refractivity contribution in [2.24, 2.45) is 5.14 Å². The first-order valence-electron chi connectivity index (χ1n) is 6.90. The van der Waals surface area contributed by atoms with Crippen LogP contribution in [0.2, 0.25) is 0 Å². The van der Waals surface area contributed by atoms with Gasteiger partial charge in [0.25, 0.3) is 5.91 Å². The summed E-state index contributed by atoms with van der Waals surface area (Å²) < 4.78 is 22.4. The number of phenols is 1. The lowest BCUT2D eigenvalue weighted by atomic mass is 10.2. The molecule has 0 aromatic heterocycles. The SMILES string of the molecule is N#C/C(=C/Nc1ccccc1O)C(=O)Nc1ccc(S(N)(=O)=O)cc1. The van der Waals surface area contributed by atoms with Crippen LogP contribution in [0.25, 0.3) is 0 Å². The molecule has 2 rings (SSSR count). The van der Waals surface area contributed by atoms with Gasteiger partial charge in [-0.05, 0) is 36.4 Å². The van der Waals surface area contributed by atoms with E-state index in [1.54, 1.807) is 24.3 Å². The third kappa shape index (κ3) is 4.81. The predicted octanol–water partition coefficient (Wildman–Crippen LogP) is 1.50. The summed E-state index contributed by atoms with van der Waals surface area (Å²) in [5.74, 6) is -0.733. The van der Waals surface area contributed by atoms with Gasteiger partial charge in [-0.1, -0.05) is 12.1 Å². The molecule has 0 aliphatic heterocycles. The van der Waals surface area contributed by atoms with E-state index in [-0.39, 0.29) is 16.2 Å². The van der Waals surface area contributed by atoms with Crippen molar-refractivity contribution in [1.29, 1.82) is 5.26 Å². The fourth-order valence-electron chi connectivity index (χ4n) is 1.82. The Morgan fingerprint density at radius 3 is 2.36 bits per heavy atom. The number of nitrogens with two attached hydrogens (primary N) is 1. The number of aromatic hydroxyl groups is 1. The van der Waals surface area contributed by atoms with Crippen molar-refractivity contribution in [2.45, 2.75) is 4.90 Å². The van der Waals surface area contributed by atoms with Crippen LogP contribution < -0.4 is 15.8 Å². The van der Waals surface area contributed by atoms with Gasteiger partial charge in [-0.2, -0.15) is 5.26 Å². The maximum absolute atomic E-state index is 12.1. The summed E-state index contributed by atoms with van der Waals surface area (Å²) in [6.07, 6.45) is 1.16. The number of nitrogens with one attached hydrogen (secondary N) is 2. The van der Waals surface area contributed by atoms with Gasteiger partial charge in [-0.3, -0.25) is 4.79 Å². The number of sulfonamides is 1. The minimum absolute atomic E-state index is 0.0324. The molecule has 9 heteroatoms. The smallest absolute Gasteiger partial charge is 0.267 e. The van der Waals surface area contributed by atoms with E-state index in [1.807, 2.05) is 0 Å². The van der Waals surface area contributed by atoms with Gasteiger partial charge in [-0.25, -0.2) is 13.6 Å². The molecule has 0 aliphatic rings. The lowest BCUT2D eigenvalue weighted by Gasteiger charge is -2.07. The fraction of sp³-hybridized carbons (Fsp3) is 0. The van der Waals surface area contributed by atoms with Crippen molar-refractivity contribution < 1.29 is 18.3 Å².